The van der Waals surface area contributed by atoms with E-state index in [1.807, 2.05) is 18.4 Å². The fraction of sp³-hybridized carbons (Fsp3) is 0.444. The van der Waals surface area contributed by atoms with Gasteiger partial charge in [0, 0.05) is 17.9 Å². The maximum absolute atomic E-state index is 12.0. The normalized spacial score (nSPS) is 15.4. The minimum atomic E-state index is -0.928. The highest BCUT2D eigenvalue weighted by molar-refractivity contribution is 7.98. The van der Waals surface area contributed by atoms with Crippen LogP contribution in [0.5, 0.6) is 0 Å². The number of nitrogens with one attached hydrogen (secondary N) is 2. The predicted octanol–water partition coefficient (Wildman–Crippen LogP) is 2.00. The van der Waals surface area contributed by atoms with Crippen molar-refractivity contribution in [2.24, 2.45) is 0 Å². The average Bonchev–Trinajstić information content (AvgIpc) is 2.82. The highest BCUT2D eigenvalue weighted by Crippen LogP contribution is 2.24. The first kappa shape index (κ1) is 20.8. The molecule has 1 aromatic carbocycles. The molecule has 2 rings (SSSR count). The first-order valence-electron chi connectivity index (χ1n) is 8.47. The van der Waals surface area contributed by atoms with E-state index < -0.39 is 30.1 Å². The van der Waals surface area contributed by atoms with Gasteiger partial charge in [-0.1, -0.05) is 12.1 Å². The molecule has 1 aliphatic rings. The number of carbonyl (C=O) groups is 4. The fourth-order valence-corrected chi connectivity index (χ4v) is 3.11. The van der Waals surface area contributed by atoms with E-state index in [0.717, 1.165) is 9.80 Å². The lowest BCUT2D eigenvalue weighted by Crippen LogP contribution is -2.40. The van der Waals surface area contributed by atoms with E-state index in [4.69, 9.17) is 4.74 Å². The SMILES string of the molecule is CSc1ccccc1NC(=O)COC(=O)CCCN1C(=O)NC(C)(C)C1=O. The lowest BCUT2D eigenvalue weighted by atomic mass is 10.1. The van der Waals surface area contributed by atoms with E-state index in [-0.39, 0.29) is 25.3 Å². The van der Waals surface area contributed by atoms with E-state index in [1.54, 1.807) is 26.0 Å². The Bertz CT molecular complexity index is 750. The van der Waals surface area contributed by atoms with E-state index >= 15 is 0 Å². The van der Waals surface area contributed by atoms with Crippen LogP contribution in [0.25, 0.3) is 0 Å². The van der Waals surface area contributed by atoms with E-state index in [2.05, 4.69) is 10.6 Å². The van der Waals surface area contributed by atoms with Gasteiger partial charge in [0.05, 0.1) is 5.69 Å². The molecule has 9 heteroatoms. The van der Waals surface area contributed by atoms with Crippen molar-refractivity contribution in [3.8, 4) is 0 Å². The molecule has 0 saturated carbocycles. The Morgan fingerprint density at radius 1 is 1.26 bits per heavy atom. The summed E-state index contributed by atoms with van der Waals surface area (Å²) in [5, 5.41) is 5.27. The summed E-state index contributed by atoms with van der Waals surface area (Å²) in [4.78, 5) is 49.5. The van der Waals surface area contributed by atoms with Crippen LogP contribution in [-0.4, -0.2) is 53.7 Å². The molecule has 1 fully saturated rings. The van der Waals surface area contributed by atoms with Gasteiger partial charge in [-0.25, -0.2) is 4.79 Å². The Kier molecular flexibility index (Phi) is 6.84. The lowest BCUT2D eigenvalue weighted by molar-refractivity contribution is -0.147. The number of anilines is 1. The molecule has 0 unspecified atom stereocenters. The molecule has 1 saturated heterocycles. The molecule has 1 heterocycles. The molecule has 1 aliphatic heterocycles. The van der Waals surface area contributed by atoms with E-state index in [1.165, 1.54) is 11.8 Å². The number of rotatable bonds is 8. The number of benzene rings is 1. The first-order chi connectivity index (χ1) is 12.7. The number of imide groups is 1. The minimum Gasteiger partial charge on any atom is -0.456 e. The van der Waals surface area contributed by atoms with Crippen molar-refractivity contribution in [1.82, 2.24) is 10.2 Å². The van der Waals surface area contributed by atoms with E-state index in [9.17, 15) is 19.2 Å². The zero-order valence-electron chi connectivity index (χ0n) is 15.5. The summed E-state index contributed by atoms with van der Waals surface area (Å²) in [5.41, 5.74) is -0.268. The molecule has 0 aliphatic carbocycles. The van der Waals surface area contributed by atoms with Crippen LogP contribution < -0.4 is 10.6 Å². The number of carbonyl (C=O) groups excluding carboxylic acids is 4. The standard InChI is InChI=1S/C18H23N3O5S/c1-18(2)16(24)21(17(25)20-18)10-6-9-15(23)26-11-14(22)19-12-7-4-5-8-13(12)27-3/h4-5,7-8H,6,9-11H2,1-3H3,(H,19,22)(H,20,25). The van der Waals surface area contributed by atoms with Crippen LogP contribution in [0.1, 0.15) is 26.7 Å². The number of nitrogens with zero attached hydrogens (tertiary/aromatic N) is 1. The van der Waals surface area contributed by atoms with Crippen LogP contribution in [0.3, 0.4) is 0 Å². The fourth-order valence-electron chi connectivity index (χ4n) is 2.55. The quantitative estimate of drug-likeness (QED) is 0.398. The molecule has 0 atom stereocenters. The predicted molar refractivity (Wildman–Crippen MR) is 101 cm³/mol. The number of hydrogen-bond donors (Lipinski definition) is 2. The second-order valence-corrected chi connectivity index (χ2v) is 7.37. The van der Waals surface area contributed by atoms with E-state index in [0.29, 0.717) is 5.69 Å². The van der Waals surface area contributed by atoms with Gasteiger partial charge in [0.25, 0.3) is 11.8 Å². The van der Waals surface area contributed by atoms with Crippen molar-refractivity contribution >= 4 is 41.3 Å². The van der Waals surface area contributed by atoms with Crippen LogP contribution >= 0.6 is 11.8 Å². The summed E-state index contributed by atoms with van der Waals surface area (Å²) in [6.45, 7) is 2.97. The summed E-state index contributed by atoms with van der Waals surface area (Å²) in [7, 11) is 0. The highest BCUT2D eigenvalue weighted by atomic mass is 32.2. The summed E-state index contributed by atoms with van der Waals surface area (Å²) < 4.78 is 4.95. The van der Waals surface area contributed by atoms with Crippen molar-refractivity contribution in [3.05, 3.63) is 24.3 Å². The first-order valence-corrected chi connectivity index (χ1v) is 9.69. The summed E-state index contributed by atoms with van der Waals surface area (Å²) in [6, 6.07) is 6.85. The van der Waals surface area contributed by atoms with Crippen LogP contribution in [0, 0.1) is 0 Å². The number of hydrogen-bond acceptors (Lipinski definition) is 6. The third-order valence-electron chi connectivity index (χ3n) is 3.95. The third-order valence-corrected chi connectivity index (χ3v) is 4.75. The molecule has 1 aromatic rings. The molecule has 2 N–H and O–H groups in total. The summed E-state index contributed by atoms with van der Waals surface area (Å²) >= 11 is 1.50. The Morgan fingerprint density at radius 2 is 1.96 bits per heavy atom. The summed E-state index contributed by atoms with van der Waals surface area (Å²) in [6.07, 6.45) is 2.18. The van der Waals surface area contributed by atoms with Gasteiger partial charge in [0.1, 0.15) is 5.54 Å². The topological polar surface area (TPSA) is 105 Å². The maximum Gasteiger partial charge on any atom is 0.325 e. The van der Waals surface area contributed by atoms with Gasteiger partial charge >= 0.3 is 12.0 Å². The maximum atomic E-state index is 12.0. The number of esters is 1. The Labute approximate surface area is 162 Å². The Balaban J connectivity index is 1.71. The van der Waals surface area contributed by atoms with Crippen molar-refractivity contribution < 1.29 is 23.9 Å². The molecule has 0 aromatic heterocycles. The van der Waals surface area contributed by atoms with Gasteiger partial charge in [-0.15, -0.1) is 11.8 Å². The Hall–Kier alpha value is -2.55. The molecule has 146 valence electrons. The van der Waals surface area contributed by atoms with Crippen LogP contribution in [0.4, 0.5) is 10.5 Å². The van der Waals surface area contributed by atoms with Gasteiger partial charge in [0.2, 0.25) is 0 Å². The molecule has 4 amide bonds. The molecule has 0 bridgehead atoms. The smallest absolute Gasteiger partial charge is 0.325 e. The number of para-hydroxylation sites is 1. The molecule has 27 heavy (non-hydrogen) atoms. The van der Waals surface area contributed by atoms with Gasteiger partial charge in [0.15, 0.2) is 6.61 Å². The number of amides is 4. The average molecular weight is 393 g/mol. The minimum absolute atomic E-state index is 0.00612. The molecule has 0 spiro atoms. The lowest BCUT2D eigenvalue weighted by Gasteiger charge is -2.15. The second kappa shape index (κ2) is 8.90. The Morgan fingerprint density at radius 3 is 2.59 bits per heavy atom. The van der Waals surface area contributed by atoms with Gasteiger partial charge in [-0.05, 0) is 38.7 Å². The van der Waals surface area contributed by atoms with Crippen molar-refractivity contribution in [1.29, 1.82) is 0 Å². The van der Waals surface area contributed by atoms with Gasteiger partial charge in [-0.3, -0.25) is 19.3 Å². The van der Waals surface area contributed by atoms with Crippen molar-refractivity contribution in [2.45, 2.75) is 37.1 Å². The molecule has 0 radical (unpaired) electrons. The zero-order chi connectivity index (χ0) is 20.0. The monoisotopic (exact) mass is 393 g/mol. The third kappa shape index (κ3) is 5.46. The van der Waals surface area contributed by atoms with Gasteiger partial charge in [-0.2, -0.15) is 0 Å². The molecular formula is C18H23N3O5S. The second-order valence-electron chi connectivity index (χ2n) is 6.52. The zero-order valence-corrected chi connectivity index (χ0v) is 16.4. The van der Waals surface area contributed by atoms with Crippen molar-refractivity contribution in [2.75, 3.05) is 24.7 Å². The number of urea groups is 1. The van der Waals surface area contributed by atoms with Crippen molar-refractivity contribution in [3.63, 3.8) is 0 Å². The van der Waals surface area contributed by atoms with Crippen LogP contribution in [0.2, 0.25) is 0 Å². The highest BCUT2D eigenvalue weighted by Gasteiger charge is 2.43. The van der Waals surface area contributed by atoms with Gasteiger partial charge < -0.3 is 15.4 Å². The largest absolute Gasteiger partial charge is 0.456 e. The molecular weight excluding hydrogens is 370 g/mol. The summed E-state index contributed by atoms with van der Waals surface area (Å²) in [5.74, 6) is -1.32. The number of thioether (sulfide) groups is 1. The van der Waals surface area contributed by atoms with Crippen LogP contribution in [0.15, 0.2) is 29.2 Å². The van der Waals surface area contributed by atoms with Crippen LogP contribution in [-0.2, 0) is 19.1 Å². The number of ether oxygens (including phenoxy) is 1. The molecule has 8 nitrogen and oxygen atoms in total.